The van der Waals surface area contributed by atoms with E-state index in [0.29, 0.717) is 5.75 Å². The Balaban J connectivity index is 0.00000180. The van der Waals surface area contributed by atoms with Crippen LogP contribution in [-0.2, 0) is 6.54 Å². The summed E-state index contributed by atoms with van der Waals surface area (Å²) in [5, 5.41) is 13.4. The monoisotopic (exact) mass is 411 g/mol. The van der Waals surface area contributed by atoms with Gasteiger partial charge in [-0.2, -0.15) is 0 Å². The van der Waals surface area contributed by atoms with Gasteiger partial charge >= 0.3 is 0 Å². The number of nitrogens with one attached hydrogen (secondary N) is 1. The fraction of sp³-hybridized carbons (Fsp3) is 0.571. The maximum absolute atomic E-state index is 9.95. The molecule has 0 unspecified atom stereocenters. The van der Waals surface area contributed by atoms with Gasteiger partial charge in [-0.25, -0.2) is 0 Å². The molecule has 2 rings (SSSR count). The molecule has 0 atom stereocenters. The first-order valence-electron chi connectivity index (χ1n) is 6.54. The second-order valence-electron chi connectivity index (χ2n) is 5.03. The molecule has 19 heavy (non-hydrogen) atoms. The second kappa shape index (κ2) is 8.50. The molecular weight excluding hydrogens is 393 g/mol. The van der Waals surface area contributed by atoms with Crippen LogP contribution in [0.4, 0.5) is 0 Å². The van der Waals surface area contributed by atoms with Gasteiger partial charge < -0.3 is 10.4 Å². The number of benzene rings is 1. The molecule has 5 heteroatoms. The maximum Gasteiger partial charge on any atom is 0.134 e. The quantitative estimate of drug-likeness (QED) is 0.727. The van der Waals surface area contributed by atoms with Gasteiger partial charge in [0.15, 0.2) is 0 Å². The average molecular weight is 414 g/mol. The summed E-state index contributed by atoms with van der Waals surface area (Å²) in [4.78, 5) is 0. The molecule has 1 aliphatic rings. The molecule has 0 bridgehead atoms. The van der Waals surface area contributed by atoms with E-state index in [4.69, 9.17) is 0 Å². The molecule has 0 aromatic heterocycles. The molecule has 0 aliphatic heterocycles. The van der Waals surface area contributed by atoms with E-state index >= 15 is 0 Å². The Bertz CT molecular complexity index is 409. The number of rotatable bonds is 4. The molecule has 0 heterocycles. The van der Waals surface area contributed by atoms with Crippen LogP contribution in [0.15, 0.2) is 21.1 Å². The summed E-state index contributed by atoms with van der Waals surface area (Å²) in [6, 6.07) is 3.83. The number of hydrogen-bond donors (Lipinski definition) is 2. The summed E-state index contributed by atoms with van der Waals surface area (Å²) in [7, 11) is 0. The highest BCUT2D eigenvalue weighted by Gasteiger charge is 2.13. The minimum absolute atomic E-state index is 0. The van der Waals surface area contributed by atoms with Crippen molar-refractivity contribution in [2.45, 2.75) is 38.6 Å². The fourth-order valence-corrected chi connectivity index (χ4v) is 3.87. The van der Waals surface area contributed by atoms with Crippen LogP contribution in [0, 0.1) is 5.92 Å². The third kappa shape index (κ3) is 5.25. The Kier molecular flexibility index (Phi) is 7.73. The Morgan fingerprint density at radius 3 is 2.53 bits per heavy atom. The molecule has 2 nitrogen and oxygen atoms in total. The predicted molar refractivity (Wildman–Crippen MR) is 89.0 cm³/mol. The van der Waals surface area contributed by atoms with E-state index in [1.807, 2.05) is 12.1 Å². The number of phenolic OH excluding ortho intramolecular Hbond substituents is 1. The van der Waals surface area contributed by atoms with Crippen molar-refractivity contribution in [3.63, 3.8) is 0 Å². The van der Waals surface area contributed by atoms with Gasteiger partial charge in [-0.15, -0.1) is 12.4 Å². The van der Waals surface area contributed by atoms with Crippen molar-refractivity contribution in [2.24, 2.45) is 5.92 Å². The zero-order valence-electron chi connectivity index (χ0n) is 10.8. The van der Waals surface area contributed by atoms with Gasteiger partial charge in [0.25, 0.3) is 0 Å². The largest absolute Gasteiger partial charge is 0.506 e. The highest BCUT2D eigenvalue weighted by atomic mass is 79.9. The summed E-state index contributed by atoms with van der Waals surface area (Å²) in [6.07, 6.45) is 6.85. The Morgan fingerprint density at radius 2 is 1.84 bits per heavy atom. The van der Waals surface area contributed by atoms with E-state index in [2.05, 4.69) is 37.2 Å². The van der Waals surface area contributed by atoms with E-state index in [-0.39, 0.29) is 12.4 Å². The number of halogens is 3. The number of phenols is 1. The number of aromatic hydroxyl groups is 1. The van der Waals surface area contributed by atoms with Gasteiger partial charge in [-0.1, -0.05) is 35.2 Å². The lowest BCUT2D eigenvalue weighted by molar-refractivity contribution is 0.341. The van der Waals surface area contributed by atoms with Crippen LogP contribution >= 0.6 is 44.3 Å². The van der Waals surface area contributed by atoms with Crippen molar-refractivity contribution >= 4 is 44.3 Å². The second-order valence-corrected chi connectivity index (χ2v) is 6.80. The lowest BCUT2D eigenvalue weighted by Gasteiger charge is -2.22. The van der Waals surface area contributed by atoms with Gasteiger partial charge in [-0.3, -0.25) is 0 Å². The third-order valence-corrected chi connectivity index (χ3v) is 4.64. The van der Waals surface area contributed by atoms with Crippen molar-refractivity contribution in [3.8, 4) is 5.75 Å². The van der Waals surface area contributed by atoms with Crippen molar-refractivity contribution in [1.82, 2.24) is 5.32 Å². The molecular formula is C14H20Br2ClNO. The Hall–Kier alpha value is 0.230. The summed E-state index contributed by atoms with van der Waals surface area (Å²) in [5.41, 5.74) is 0.937. The van der Waals surface area contributed by atoms with Crippen molar-refractivity contribution in [3.05, 3.63) is 26.6 Å². The molecule has 2 N–H and O–H groups in total. The lowest BCUT2D eigenvalue weighted by atomic mass is 9.89. The first kappa shape index (κ1) is 17.3. The highest BCUT2D eigenvalue weighted by Crippen LogP contribution is 2.31. The minimum Gasteiger partial charge on any atom is -0.506 e. The molecule has 0 spiro atoms. The SMILES string of the molecule is Cl.Oc1c(Br)cc(Br)cc1CNCC1CCCCC1. The smallest absolute Gasteiger partial charge is 0.134 e. The normalized spacial score (nSPS) is 16.1. The minimum atomic E-state index is 0. The van der Waals surface area contributed by atoms with Crippen LogP contribution in [0.2, 0.25) is 0 Å². The van der Waals surface area contributed by atoms with E-state index in [0.717, 1.165) is 33.5 Å². The van der Waals surface area contributed by atoms with Crippen LogP contribution in [-0.4, -0.2) is 11.7 Å². The number of hydrogen-bond acceptors (Lipinski definition) is 2. The molecule has 0 radical (unpaired) electrons. The first-order valence-corrected chi connectivity index (χ1v) is 8.13. The summed E-state index contributed by atoms with van der Waals surface area (Å²) in [6.45, 7) is 1.78. The van der Waals surface area contributed by atoms with E-state index in [1.54, 1.807) is 0 Å². The predicted octanol–water partition coefficient (Wildman–Crippen LogP) is 5.01. The molecule has 1 saturated carbocycles. The van der Waals surface area contributed by atoms with Gasteiger partial charge in [-0.05, 0) is 53.4 Å². The van der Waals surface area contributed by atoms with Crippen molar-refractivity contribution in [1.29, 1.82) is 0 Å². The van der Waals surface area contributed by atoms with Crippen molar-refractivity contribution in [2.75, 3.05) is 6.54 Å². The molecule has 0 saturated heterocycles. The van der Waals surface area contributed by atoms with Crippen LogP contribution in [0.3, 0.4) is 0 Å². The topological polar surface area (TPSA) is 32.3 Å². The Morgan fingerprint density at radius 1 is 1.16 bits per heavy atom. The van der Waals surface area contributed by atoms with E-state index < -0.39 is 0 Å². The lowest BCUT2D eigenvalue weighted by Crippen LogP contribution is -2.24. The van der Waals surface area contributed by atoms with Crippen LogP contribution < -0.4 is 5.32 Å². The average Bonchev–Trinajstić information content (AvgIpc) is 2.36. The summed E-state index contributed by atoms with van der Waals surface area (Å²) < 4.78 is 1.73. The maximum atomic E-state index is 9.95. The molecule has 0 amide bonds. The highest BCUT2D eigenvalue weighted by molar-refractivity contribution is 9.11. The zero-order valence-corrected chi connectivity index (χ0v) is 14.8. The van der Waals surface area contributed by atoms with Gasteiger partial charge in [0.1, 0.15) is 5.75 Å². The van der Waals surface area contributed by atoms with E-state index in [1.165, 1.54) is 32.1 Å². The standard InChI is InChI=1S/C14H19Br2NO.ClH/c15-12-6-11(14(18)13(16)7-12)9-17-8-10-4-2-1-3-5-10;/h6-7,10,17-18H,1-5,8-9H2;1H. The molecule has 1 aromatic carbocycles. The zero-order chi connectivity index (χ0) is 13.0. The van der Waals surface area contributed by atoms with Gasteiger partial charge in [0, 0.05) is 16.6 Å². The Labute approximate surface area is 138 Å². The van der Waals surface area contributed by atoms with Gasteiger partial charge in [0.05, 0.1) is 4.47 Å². The van der Waals surface area contributed by atoms with E-state index in [9.17, 15) is 5.11 Å². The van der Waals surface area contributed by atoms with Crippen LogP contribution in [0.5, 0.6) is 5.75 Å². The van der Waals surface area contributed by atoms with Crippen LogP contribution in [0.1, 0.15) is 37.7 Å². The summed E-state index contributed by atoms with van der Waals surface area (Å²) >= 11 is 6.80. The van der Waals surface area contributed by atoms with Gasteiger partial charge in [0.2, 0.25) is 0 Å². The van der Waals surface area contributed by atoms with Crippen LogP contribution in [0.25, 0.3) is 0 Å². The molecule has 108 valence electrons. The van der Waals surface area contributed by atoms with Crippen molar-refractivity contribution < 1.29 is 5.11 Å². The third-order valence-electron chi connectivity index (χ3n) is 3.58. The fourth-order valence-electron chi connectivity index (χ4n) is 2.56. The molecule has 1 fully saturated rings. The first-order chi connectivity index (χ1) is 8.66. The summed E-state index contributed by atoms with van der Waals surface area (Å²) in [5.74, 6) is 1.16. The molecule has 1 aliphatic carbocycles. The molecule has 1 aromatic rings.